The van der Waals surface area contributed by atoms with Crippen molar-refractivity contribution in [1.29, 1.82) is 0 Å². The van der Waals surface area contributed by atoms with E-state index >= 15 is 0 Å². The van der Waals surface area contributed by atoms with Crippen LogP contribution in [0.5, 0.6) is 0 Å². The lowest BCUT2D eigenvalue weighted by Gasteiger charge is -2.20. The molecule has 1 aliphatic heterocycles. The lowest BCUT2D eigenvalue weighted by atomic mass is 9.93. The topological polar surface area (TPSA) is 76.1 Å². The number of amides is 2. The van der Waals surface area contributed by atoms with Gasteiger partial charge in [0.15, 0.2) is 0 Å². The van der Waals surface area contributed by atoms with Gasteiger partial charge in [0.25, 0.3) is 0 Å². The third-order valence-electron chi connectivity index (χ3n) is 3.50. The van der Waals surface area contributed by atoms with Crippen molar-refractivity contribution < 1.29 is 14.4 Å². The van der Waals surface area contributed by atoms with Crippen molar-refractivity contribution in [1.82, 2.24) is 10.3 Å². The van der Waals surface area contributed by atoms with Gasteiger partial charge < -0.3 is 0 Å². The molecule has 1 N–H and O–H groups in total. The summed E-state index contributed by atoms with van der Waals surface area (Å²) < 4.78 is 0. The molecule has 100 valence electrons. The number of carbonyl (C=O) groups excluding carboxylic acids is 3. The van der Waals surface area contributed by atoms with E-state index in [-0.39, 0.29) is 11.8 Å². The molecule has 5 heteroatoms. The first-order chi connectivity index (χ1) is 9.67. The van der Waals surface area contributed by atoms with E-state index in [0.717, 1.165) is 17.1 Å². The van der Waals surface area contributed by atoms with E-state index in [1.807, 2.05) is 12.1 Å². The van der Waals surface area contributed by atoms with Crippen molar-refractivity contribution in [2.24, 2.45) is 0 Å². The van der Waals surface area contributed by atoms with Crippen LogP contribution in [0.2, 0.25) is 0 Å². The van der Waals surface area contributed by atoms with E-state index < -0.39 is 5.92 Å². The smallest absolute Gasteiger partial charge is 0.235 e. The minimum absolute atomic E-state index is 0.240. The Morgan fingerprint density at radius 3 is 2.80 bits per heavy atom. The number of hydrogen-bond acceptors (Lipinski definition) is 4. The molecule has 0 spiro atoms. The standard InChI is InChI=1S/C15H12N2O3/c18-8-9-1-2-10-7-16-13(6-11(10)5-9)12-3-4-14(19)17-15(12)20/h1-2,5-8,12H,3-4H2,(H,17,19,20). The first kappa shape index (κ1) is 12.5. The molecular formula is C15H12N2O3. The van der Waals surface area contributed by atoms with Crippen molar-refractivity contribution in [2.45, 2.75) is 18.8 Å². The highest BCUT2D eigenvalue weighted by atomic mass is 16.2. The first-order valence-corrected chi connectivity index (χ1v) is 6.36. The van der Waals surface area contributed by atoms with E-state index in [0.29, 0.717) is 24.1 Å². The number of fused-ring (bicyclic) bond motifs is 1. The van der Waals surface area contributed by atoms with Gasteiger partial charge in [-0.2, -0.15) is 0 Å². The van der Waals surface area contributed by atoms with Gasteiger partial charge in [0.2, 0.25) is 11.8 Å². The molecule has 1 saturated heterocycles. The molecule has 1 aliphatic rings. The molecule has 5 nitrogen and oxygen atoms in total. The van der Waals surface area contributed by atoms with Gasteiger partial charge >= 0.3 is 0 Å². The van der Waals surface area contributed by atoms with Crippen LogP contribution in [0, 0.1) is 0 Å². The Kier molecular flexibility index (Phi) is 3.02. The SMILES string of the molecule is O=Cc1ccc2cnc(C3CCC(=O)NC3=O)cc2c1. The molecule has 0 bridgehead atoms. The monoisotopic (exact) mass is 268 g/mol. The second-order valence-corrected chi connectivity index (χ2v) is 4.84. The molecule has 20 heavy (non-hydrogen) atoms. The summed E-state index contributed by atoms with van der Waals surface area (Å²) in [6, 6.07) is 7.12. The lowest BCUT2D eigenvalue weighted by Crippen LogP contribution is -2.39. The third kappa shape index (κ3) is 2.18. The van der Waals surface area contributed by atoms with Crippen LogP contribution >= 0.6 is 0 Å². The largest absolute Gasteiger partial charge is 0.298 e. The normalized spacial score (nSPS) is 18.9. The van der Waals surface area contributed by atoms with Gasteiger partial charge in [-0.1, -0.05) is 12.1 Å². The Morgan fingerprint density at radius 2 is 2.05 bits per heavy atom. The lowest BCUT2D eigenvalue weighted by molar-refractivity contribution is -0.134. The van der Waals surface area contributed by atoms with Gasteiger partial charge in [-0.3, -0.25) is 24.7 Å². The molecule has 1 fully saturated rings. The molecule has 0 saturated carbocycles. The molecule has 1 aromatic carbocycles. The fourth-order valence-electron chi connectivity index (χ4n) is 2.42. The summed E-state index contributed by atoms with van der Waals surface area (Å²) in [7, 11) is 0. The van der Waals surface area contributed by atoms with Crippen LogP contribution in [0.15, 0.2) is 30.5 Å². The Balaban J connectivity index is 2.01. The summed E-state index contributed by atoms with van der Waals surface area (Å²) in [5, 5.41) is 4.10. The minimum atomic E-state index is -0.406. The third-order valence-corrected chi connectivity index (χ3v) is 3.50. The summed E-state index contributed by atoms with van der Waals surface area (Å²) in [5.41, 5.74) is 1.21. The zero-order valence-corrected chi connectivity index (χ0v) is 10.6. The molecule has 3 rings (SSSR count). The Bertz CT molecular complexity index is 724. The minimum Gasteiger partial charge on any atom is -0.298 e. The number of imide groups is 1. The fourth-order valence-corrected chi connectivity index (χ4v) is 2.42. The molecule has 1 unspecified atom stereocenters. The Morgan fingerprint density at radius 1 is 1.20 bits per heavy atom. The van der Waals surface area contributed by atoms with Gasteiger partial charge in [0.1, 0.15) is 6.29 Å². The predicted molar refractivity (Wildman–Crippen MR) is 72.3 cm³/mol. The van der Waals surface area contributed by atoms with Crippen LogP contribution in [0.3, 0.4) is 0 Å². The number of rotatable bonds is 2. The van der Waals surface area contributed by atoms with Crippen LogP contribution in [-0.2, 0) is 9.59 Å². The van der Waals surface area contributed by atoms with E-state index in [1.54, 1.807) is 18.3 Å². The Labute approximate surface area is 115 Å². The van der Waals surface area contributed by atoms with Crippen molar-refractivity contribution in [3.63, 3.8) is 0 Å². The average molecular weight is 268 g/mol. The number of aromatic nitrogens is 1. The fraction of sp³-hybridized carbons (Fsp3) is 0.200. The predicted octanol–water partition coefficient (Wildman–Crippen LogP) is 1.57. The van der Waals surface area contributed by atoms with Crippen LogP contribution in [0.4, 0.5) is 0 Å². The van der Waals surface area contributed by atoms with Crippen molar-refractivity contribution in [3.05, 3.63) is 41.7 Å². The highest BCUT2D eigenvalue weighted by molar-refractivity contribution is 6.01. The van der Waals surface area contributed by atoms with Crippen molar-refractivity contribution >= 4 is 28.9 Å². The van der Waals surface area contributed by atoms with Gasteiger partial charge in [0, 0.05) is 23.6 Å². The highest BCUT2D eigenvalue weighted by Crippen LogP contribution is 2.26. The average Bonchev–Trinajstić information content (AvgIpc) is 2.46. The zero-order chi connectivity index (χ0) is 14.1. The van der Waals surface area contributed by atoms with Crippen LogP contribution in [0.25, 0.3) is 10.8 Å². The molecule has 1 atom stereocenters. The zero-order valence-electron chi connectivity index (χ0n) is 10.6. The number of piperidine rings is 1. The maximum absolute atomic E-state index is 11.8. The van der Waals surface area contributed by atoms with E-state index in [4.69, 9.17) is 0 Å². The van der Waals surface area contributed by atoms with Crippen molar-refractivity contribution in [3.8, 4) is 0 Å². The quantitative estimate of drug-likeness (QED) is 0.662. The summed E-state index contributed by atoms with van der Waals surface area (Å²) >= 11 is 0. The second-order valence-electron chi connectivity index (χ2n) is 4.84. The summed E-state index contributed by atoms with van der Waals surface area (Å²) in [6.07, 6.45) is 3.26. The molecule has 0 radical (unpaired) electrons. The molecule has 2 heterocycles. The van der Waals surface area contributed by atoms with Crippen LogP contribution < -0.4 is 5.32 Å². The van der Waals surface area contributed by atoms with Gasteiger partial charge in [-0.25, -0.2) is 0 Å². The maximum atomic E-state index is 11.8. The molecular weight excluding hydrogens is 256 g/mol. The number of nitrogens with zero attached hydrogens (tertiary/aromatic N) is 1. The molecule has 0 aliphatic carbocycles. The number of benzene rings is 1. The van der Waals surface area contributed by atoms with Gasteiger partial charge in [-0.15, -0.1) is 0 Å². The van der Waals surface area contributed by atoms with Gasteiger partial charge in [-0.05, 0) is 23.9 Å². The van der Waals surface area contributed by atoms with Crippen LogP contribution in [0.1, 0.15) is 34.8 Å². The van der Waals surface area contributed by atoms with E-state index in [9.17, 15) is 14.4 Å². The number of carbonyl (C=O) groups is 3. The molecule has 1 aromatic heterocycles. The van der Waals surface area contributed by atoms with Crippen molar-refractivity contribution in [2.75, 3.05) is 0 Å². The number of aldehydes is 1. The van der Waals surface area contributed by atoms with Gasteiger partial charge in [0.05, 0.1) is 11.6 Å². The molecule has 2 amide bonds. The summed E-state index contributed by atoms with van der Waals surface area (Å²) in [5.74, 6) is -0.952. The maximum Gasteiger partial charge on any atom is 0.235 e. The number of pyridine rings is 1. The number of nitrogens with one attached hydrogen (secondary N) is 1. The molecule has 2 aromatic rings. The van der Waals surface area contributed by atoms with Crippen LogP contribution in [-0.4, -0.2) is 23.1 Å². The van der Waals surface area contributed by atoms with E-state index in [2.05, 4.69) is 10.3 Å². The van der Waals surface area contributed by atoms with E-state index in [1.165, 1.54) is 0 Å². The Hall–Kier alpha value is -2.56. The second kappa shape index (κ2) is 4.85. The summed E-state index contributed by atoms with van der Waals surface area (Å²) in [4.78, 5) is 38.1. The number of hydrogen-bond donors (Lipinski definition) is 1. The first-order valence-electron chi connectivity index (χ1n) is 6.36. The highest BCUT2D eigenvalue weighted by Gasteiger charge is 2.28. The summed E-state index contributed by atoms with van der Waals surface area (Å²) in [6.45, 7) is 0.